The van der Waals surface area contributed by atoms with Crippen molar-refractivity contribution in [2.45, 2.75) is 45.3 Å². The molecule has 6 heteroatoms. The van der Waals surface area contributed by atoms with Crippen molar-refractivity contribution in [1.29, 1.82) is 0 Å². The van der Waals surface area contributed by atoms with Crippen molar-refractivity contribution >= 4 is 11.8 Å². The molecule has 1 aromatic rings. The zero-order chi connectivity index (χ0) is 17.7. The third kappa shape index (κ3) is 4.94. The number of amides is 1. The Hall–Kier alpha value is -2.11. The minimum atomic E-state index is -0.458. The molecule has 0 unspecified atom stereocenters. The van der Waals surface area contributed by atoms with E-state index in [2.05, 4.69) is 5.32 Å². The Balaban J connectivity index is 1.92. The van der Waals surface area contributed by atoms with Gasteiger partial charge in [0.05, 0.1) is 19.9 Å². The highest BCUT2D eigenvalue weighted by Crippen LogP contribution is 2.30. The van der Waals surface area contributed by atoms with Crippen LogP contribution in [0.3, 0.4) is 0 Å². The number of likely N-dealkylation sites (tertiary alicyclic amines) is 1. The second kappa shape index (κ2) is 7.64. The maximum Gasteiger partial charge on any atom is 0.410 e. The molecule has 1 N–H and O–H groups in total. The fraction of sp³-hybridized carbons (Fsp3) is 0.611. The zero-order valence-electron chi connectivity index (χ0n) is 15.2. The molecular weight excluding hydrogens is 308 g/mol. The number of rotatable bonds is 4. The maximum absolute atomic E-state index is 12.1. The van der Waals surface area contributed by atoms with Crippen molar-refractivity contribution in [2.24, 2.45) is 0 Å². The van der Waals surface area contributed by atoms with Gasteiger partial charge in [-0.25, -0.2) is 4.79 Å². The van der Waals surface area contributed by atoms with Crippen molar-refractivity contribution in [3.8, 4) is 11.5 Å². The summed E-state index contributed by atoms with van der Waals surface area (Å²) in [6.07, 6.45) is 1.49. The average molecular weight is 336 g/mol. The number of methoxy groups -OCH3 is 2. The van der Waals surface area contributed by atoms with E-state index >= 15 is 0 Å². The highest BCUT2D eigenvalue weighted by Gasteiger charge is 2.27. The predicted octanol–water partition coefficient (Wildman–Crippen LogP) is 3.52. The topological polar surface area (TPSA) is 60.0 Å². The quantitative estimate of drug-likeness (QED) is 0.912. The summed E-state index contributed by atoms with van der Waals surface area (Å²) in [6, 6.07) is 5.97. The first-order chi connectivity index (χ1) is 11.3. The van der Waals surface area contributed by atoms with Crippen molar-refractivity contribution < 1.29 is 19.0 Å². The number of hydrogen-bond donors (Lipinski definition) is 1. The molecule has 1 aliphatic heterocycles. The van der Waals surface area contributed by atoms with E-state index in [1.807, 2.05) is 39.0 Å². The number of carbonyl (C=O) groups excluding carboxylic acids is 1. The summed E-state index contributed by atoms with van der Waals surface area (Å²) in [5.74, 6) is 1.56. The monoisotopic (exact) mass is 336 g/mol. The lowest BCUT2D eigenvalue weighted by Gasteiger charge is -2.34. The van der Waals surface area contributed by atoms with E-state index in [0.29, 0.717) is 13.1 Å². The highest BCUT2D eigenvalue weighted by atomic mass is 16.6. The van der Waals surface area contributed by atoms with Crippen LogP contribution in [0.4, 0.5) is 10.5 Å². The van der Waals surface area contributed by atoms with Crippen LogP contribution in [-0.4, -0.2) is 49.9 Å². The van der Waals surface area contributed by atoms with E-state index in [1.54, 1.807) is 19.1 Å². The van der Waals surface area contributed by atoms with E-state index in [9.17, 15) is 4.79 Å². The largest absolute Gasteiger partial charge is 0.497 e. The van der Waals surface area contributed by atoms with Crippen molar-refractivity contribution in [3.63, 3.8) is 0 Å². The summed E-state index contributed by atoms with van der Waals surface area (Å²) in [6.45, 7) is 7.01. The molecular formula is C18H28N2O4. The normalized spacial score (nSPS) is 15.8. The van der Waals surface area contributed by atoms with Gasteiger partial charge in [-0.3, -0.25) is 0 Å². The number of piperidine rings is 1. The van der Waals surface area contributed by atoms with Gasteiger partial charge in [-0.05, 0) is 45.7 Å². The molecule has 2 rings (SSSR count). The molecule has 1 heterocycles. The zero-order valence-corrected chi connectivity index (χ0v) is 15.2. The number of anilines is 1. The van der Waals surface area contributed by atoms with Gasteiger partial charge in [-0.15, -0.1) is 0 Å². The molecule has 1 aromatic carbocycles. The van der Waals surface area contributed by atoms with Gasteiger partial charge in [-0.1, -0.05) is 0 Å². The summed E-state index contributed by atoms with van der Waals surface area (Å²) < 4.78 is 16.1. The number of nitrogens with one attached hydrogen (secondary N) is 1. The van der Waals surface area contributed by atoms with Gasteiger partial charge in [0.2, 0.25) is 0 Å². The minimum Gasteiger partial charge on any atom is -0.497 e. The average Bonchev–Trinajstić information content (AvgIpc) is 2.53. The van der Waals surface area contributed by atoms with Crippen LogP contribution in [0.5, 0.6) is 11.5 Å². The third-order valence-corrected chi connectivity index (χ3v) is 3.91. The lowest BCUT2D eigenvalue weighted by atomic mass is 10.0. The van der Waals surface area contributed by atoms with Crippen LogP contribution in [0.25, 0.3) is 0 Å². The van der Waals surface area contributed by atoms with Crippen LogP contribution in [0.1, 0.15) is 33.6 Å². The molecule has 6 nitrogen and oxygen atoms in total. The standard InChI is InChI=1S/C18H28N2O4/c1-18(2,3)24-17(21)20-10-8-13(9-11-20)19-15-12-14(22-4)6-7-16(15)23-5/h6-7,12-13,19H,8-11H2,1-5H3. The smallest absolute Gasteiger partial charge is 0.410 e. The van der Waals surface area contributed by atoms with Crippen LogP contribution >= 0.6 is 0 Å². The molecule has 0 atom stereocenters. The Morgan fingerprint density at radius 1 is 1.17 bits per heavy atom. The van der Waals surface area contributed by atoms with E-state index in [1.165, 1.54) is 0 Å². The van der Waals surface area contributed by atoms with E-state index in [0.717, 1.165) is 30.0 Å². The lowest BCUT2D eigenvalue weighted by Crippen LogP contribution is -2.44. The third-order valence-electron chi connectivity index (χ3n) is 3.91. The van der Waals surface area contributed by atoms with Crippen LogP contribution in [0.15, 0.2) is 18.2 Å². The van der Waals surface area contributed by atoms with Crippen LogP contribution in [0.2, 0.25) is 0 Å². The number of hydrogen-bond acceptors (Lipinski definition) is 5. The maximum atomic E-state index is 12.1. The van der Waals surface area contributed by atoms with Crippen molar-refractivity contribution in [1.82, 2.24) is 4.90 Å². The summed E-state index contributed by atoms with van der Waals surface area (Å²) in [7, 11) is 3.29. The molecule has 0 aliphatic carbocycles. The second-order valence-electron chi connectivity index (χ2n) is 6.95. The van der Waals surface area contributed by atoms with Crippen molar-refractivity contribution in [2.75, 3.05) is 32.6 Å². The Labute approximate surface area is 144 Å². The fourth-order valence-electron chi connectivity index (χ4n) is 2.68. The van der Waals surface area contributed by atoms with Gasteiger partial charge < -0.3 is 24.4 Å². The van der Waals surface area contributed by atoms with Gasteiger partial charge in [-0.2, -0.15) is 0 Å². The second-order valence-corrected chi connectivity index (χ2v) is 6.95. The summed E-state index contributed by atoms with van der Waals surface area (Å²) in [5, 5.41) is 3.50. The molecule has 0 spiro atoms. The first kappa shape index (κ1) is 18.2. The van der Waals surface area contributed by atoms with Crippen molar-refractivity contribution in [3.05, 3.63) is 18.2 Å². The lowest BCUT2D eigenvalue weighted by molar-refractivity contribution is 0.0210. The number of ether oxygens (including phenoxy) is 3. The van der Waals surface area contributed by atoms with Gasteiger partial charge in [0.15, 0.2) is 0 Å². The molecule has 0 bridgehead atoms. The molecule has 0 radical (unpaired) electrons. The van der Waals surface area contributed by atoms with E-state index in [-0.39, 0.29) is 12.1 Å². The number of nitrogens with zero attached hydrogens (tertiary/aromatic N) is 1. The molecule has 0 saturated carbocycles. The van der Waals surface area contributed by atoms with Gasteiger partial charge >= 0.3 is 6.09 Å². The first-order valence-electron chi connectivity index (χ1n) is 8.29. The molecule has 1 amide bonds. The van der Waals surface area contributed by atoms with Gasteiger partial charge in [0, 0.05) is 25.2 Å². The Bertz CT molecular complexity index is 561. The summed E-state index contributed by atoms with van der Waals surface area (Å²) >= 11 is 0. The number of carbonyl (C=O) groups is 1. The van der Waals surface area contributed by atoms with Crippen LogP contribution in [-0.2, 0) is 4.74 Å². The summed E-state index contributed by atoms with van der Waals surface area (Å²) in [5.41, 5.74) is 0.452. The fourth-order valence-corrected chi connectivity index (χ4v) is 2.68. The molecule has 1 aliphatic rings. The molecule has 24 heavy (non-hydrogen) atoms. The van der Waals surface area contributed by atoms with E-state index in [4.69, 9.17) is 14.2 Å². The minimum absolute atomic E-state index is 0.236. The molecule has 0 aromatic heterocycles. The molecule has 134 valence electrons. The Morgan fingerprint density at radius 3 is 2.38 bits per heavy atom. The molecule has 1 fully saturated rings. The summed E-state index contributed by atoms with van der Waals surface area (Å²) in [4.78, 5) is 13.9. The van der Waals surface area contributed by atoms with Crippen LogP contribution < -0.4 is 14.8 Å². The first-order valence-corrected chi connectivity index (χ1v) is 8.29. The van der Waals surface area contributed by atoms with Gasteiger partial charge in [0.1, 0.15) is 17.1 Å². The highest BCUT2D eigenvalue weighted by molar-refractivity contribution is 5.68. The number of benzene rings is 1. The Morgan fingerprint density at radius 2 is 1.83 bits per heavy atom. The Kier molecular flexibility index (Phi) is 5.80. The predicted molar refractivity (Wildman–Crippen MR) is 94.0 cm³/mol. The van der Waals surface area contributed by atoms with E-state index < -0.39 is 5.60 Å². The SMILES string of the molecule is COc1ccc(OC)c(NC2CCN(C(=O)OC(C)(C)C)CC2)c1. The molecule has 1 saturated heterocycles. The van der Waals surface area contributed by atoms with Gasteiger partial charge in [0.25, 0.3) is 0 Å². The van der Waals surface area contributed by atoms with Crippen LogP contribution in [0, 0.1) is 0 Å².